The van der Waals surface area contributed by atoms with Gasteiger partial charge in [-0.15, -0.1) is 0 Å². The second-order valence-electron chi connectivity index (χ2n) is 5.47. The zero-order valence-electron chi connectivity index (χ0n) is 13.0. The molecular formula is C18H21ClN2O. The largest absolute Gasteiger partial charge is 0.351 e. The summed E-state index contributed by atoms with van der Waals surface area (Å²) in [6.45, 7) is 3.66. The van der Waals surface area contributed by atoms with Crippen LogP contribution in [0, 0.1) is 6.92 Å². The summed E-state index contributed by atoms with van der Waals surface area (Å²) < 4.78 is 0. The molecule has 0 saturated carbocycles. The number of benzene rings is 2. The number of rotatable bonds is 6. The van der Waals surface area contributed by atoms with E-state index in [0.29, 0.717) is 18.1 Å². The van der Waals surface area contributed by atoms with Gasteiger partial charge in [0.05, 0.1) is 6.54 Å². The molecule has 2 aromatic carbocycles. The molecule has 1 amide bonds. The Bertz CT molecular complexity index is 642. The summed E-state index contributed by atoms with van der Waals surface area (Å²) in [7, 11) is 1.95. The van der Waals surface area contributed by atoms with Gasteiger partial charge in [-0.1, -0.05) is 54.1 Å². The first kappa shape index (κ1) is 16.5. The van der Waals surface area contributed by atoms with Crippen molar-refractivity contribution >= 4 is 17.5 Å². The molecule has 0 heterocycles. The SMILES string of the molecule is Cc1ccccc1CN(C)CC(=O)NCc1ccccc1Cl. The molecule has 2 aromatic rings. The number of likely N-dealkylation sites (N-methyl/N-ethyl adjacent to an activating group) is 1. The molecule has 0 aromatic heterocycles. The second kappa shape index (κ2) is 7.97. The Labute approximate surface area is 136 Å². The Kier molecular flexibility index (Phi) is 5.99. The molecule has 0 saturated heterocycles. The van der Waals surface area contributed by atoms with E-state index < -0.39 is 0 Å². The summed E-state index contributed by atoms with van der Waals surface area (Å²) in [5, 5.41) is 3.58. The van der Waals surface area contributed by atoms with Gasteiger partial charge in [-0.25, -0.2) is 0 Å². The summed E-state index contributed by atoms with van der Waals surface area (Å²) in [6, 6.07) is 15.8. The van der Waals surface area contributed by atoms with E-state index in [1.165, 1.54) is 11.1 Å². The highest BCUT2D eigenvalue weighted by Gasteiger charge is 2.08. The third-order valence-corrected chi connectivity index (χ3v) is 3.92. The normalized spacial score (nSPS) is 10.7. The fraction of sp³-hybridized carbons (Fsp3) is 0.278. The van der Waals surface area contributed by atoms with Crippen LogP contribution >= 0.6 is 11.6 Å². The maximum atomic E-state index is 12.0. The van der Waals surface area contributed by atoms with E-state index in [-0.39, 0.29) is 5.91 Å². The summed E-state index contributed by atoms with van der Waals surface area (Å²) >= 11 is 6.08. The quantitative estimate of drug-likeness (QED) is 0.886. The first-order chi connectivity index (χ1) is 10.6. The molecule has 22 heavy (non-hydrogen) atoms. The van der Waals surface area contributed by atoms with Gasteiger partial charge in [-0.05, 0) is 36.7 Å². The van der Waals surface area contributed by atoms with E-state index in [4.69, 9.17) is 11.6 Å². The van der Waals surface area contributed by atoms with Crippen LogP contribution in [0.2, 0.25) is 5.02 Å². The lowest BCUT2D eigenvalue weighted by molar-refractivity contribution is -0.122. The maximum Gasteiger partial charge on any atom is 0.234 e. The van der Waals surface area contributed by atoms with Crippen LogP contribution in [0.15, 0.2) is 48.5 Å². The van der Waals surface area contributed by atoms with Crippen LogP contribution in [0.25, 0.3) is 0 Å². The van der Waals surface area contributed by atoms with Crippen LogP contribution in [0.3, 0.4) is 0 Å². The van der Waals surface area contributed by atoms with Gasteiger partial charge in [-0.2, -0.15) is 0 Å². The van der Waals surface area contributed by atoms with Crippen LogP contribution in [0.5, 0.6) is 0 Å². The van der Waals surface area contributed by atoms with Crippen LogP contribution in [0.4, 0.5) is 0 Å². The Morgan fingerprint density at radius 2 is 1.73 bits per heavy atom. The number of nitrogens with one attached hydrogen (secondary N) is 1. The molecule has 0 spiro atoms. The Morgan fingerprint density at radius 3 is 2.41 bits per heavy atom. The monoisotopic (exact) mass is 316 g/mol. The molecule has 0 fully saturated rings. The second-order valence-corrected chi connectivity index (χ2v) is 5.87. The summed E-state index contributed by atoms with van der Waals surface area (Å²) in [4.78, 5) is 14.0. The van der Waals surface area contributed by atoms with E-state index >= 15 is 0 Å². The predicted octanol–water partition coefficient (Wildman–Crippen LogP) is 3.40. The number of hydrogen-bond donors (Lipinski definition) is 1. The molecule has 4 heteroatoms. The number of amides is 1. The topological polar surface area (TPSA) is 32.3 Å². The van der Waals surface area contributed by atoms with Crippen LogP contribution in [0.1, 0.15) is 16.7 Å². The molecule has 0 atom stereocenters. The van der Waals surface area contributed by atoms with Crippen molar-refractivity contribution < 1.29 is 4.79 Å². The molecule has 0 bridgehead atoms. The summed E-state index contributed by atoms with van der Waals surface area (Å²) in [5.74, 6) is -0.00370. The van der Waals surface area contributed by atoms with Crippen molar-refractivity contribution in [3.63, 3.8) is 0 Å². The van der Waals surface area contributed by atoms with Crippen molar-refractivity contribution in [3.8, 4) is 0 Å². The van der Waals surface area contributed by atoms with Gasteiger partial charge >= 0.3 is 0 Å². The number of aryl methyl sites for hydroxylation is 1. The average Bonchev–Trinajstić information content (AvgIpc) is 2.49. The third-order valence-electron chi connectivity index (χ3n) is 3.55. The highest BCUT2D eigenvalue weighted by molar-refractivity contribution is 6.31. The van der Waals surface area contributed by atoms with Gasteiger partial charge < -0.3 is 5.32 Å². The Balaban J connectivity index is 1.82. The Hall–Kier alpha value is -1.84. The van der Waals surface area contributed by atoms with Crippen molar-refractivity contribution in [3.05, 3.63) is 70.2 Å². The maximum absolute atomic E-state index is 12.0. The number of halogens is 1. The molecule has 0 radical (unpaired) electrons. The van der Waals surface area contributed by atoms with Crippen molar-refractivity contribution in [2.24, 2.45) is 0 Å². The molecule has 1 N–H and O–H groups in total. The fourth-order valence-electron chi connectivity index (χ4n) is 2.27. The molecule has 0 aliphatic rings. The van der Waals surface area contributed by atoms with Gasteiger partial charge in [0.25, 0.3) is 0 Å². The van der Waals surface area contributed by atoms with Gasteiger partial charge in [0.15, 0.2) is 0 Å². The van der Waals surface area contributed by atoms with Crippen molar-refractivity contribution in [1.29, 1.82) is 0 Å². The number of carbonyl (C=O) groups is 1. The third kappa shape index (κ3) is 4.86. The van der Waals surface area contributed by atoms with E-state index in [9.17, 15) is 4.79 Å². The fourth-order valence-corrected chi connectivity index (χ4v) is 2.47. The zero-order valence-corrected chi connectivity index (χ0v) is 13.7. The van der Waals surface area contributed by atoms with Gasteiger partial charge in [-0.3, -0.25) is 9.69 Å². The summed E-state index contributed by atoms with van der Waals surface area (Å²) in [6.07, 6.45) is 0. The Morgan fingerprint density at radius 1 is 1.09 bits per heavy atom. The molecule has 3 nitrogen and oxygen atoms in total. The lowest BCUT2D eigenvalue weighted by Gasteiger charge is -2.17. The smallest absolute Gasteiger partial charge is 0.234 e. The minimum atomic E-state index is -0.00370. The predicted molar refractivity (Wildman–Crippen MR) is 90.8 cm³/mol. The van der Waals surface area contributed by atoms with E-state index in [0.717, 1.165) is 12.1 Å². The summed E-state index contributed by atoms with van der Waals surface area (Å²) in [5.41, 5.74) is 3.41. The zero-order chi connectivity index (χ0) is 15.9. The molecule has 2 rings (SSSR count). The minimum Gasteiger partial charge on any atom is -0.351 e. The van der Waals surface area contributed by atoms with Crippen molar-refractivity contribution in [2.75, 3.05) is 13.6 Å². The number of hydrogen-bond acceptors (Lipinski definition) is 2. The van der Waals surface area contributed by atoms with Crippen LogP contribution < -0.4 is 5.32 Å². The average molecular weight is 317 g/mol. The van der Waals surface area contributed by atoms with E-state index in [1.807, 2.05) is 48.3 Å². The highest BCUT2D eigenvalue weighted by Crippen LogP contribution is 2.14. The molecule has 0 aliphatic heterocycles. The first-order valence-electron chi connectivity index (χ1n) is 7.29. The van der Waals surface area contributed by atoms with Crippen molar-refractivity contribution in [2.45, 2.75) is 20.0 Å². The molecule has 0 unspecified atom stereocenters. The lowest BCUT2D eigenvalue weighted by atomic mass is 10.1. The highest BCUT2D eigenvalue weighted by atomic mass is 35.5. The van der Waals surface area contributed by atoms with Gasteiger partial charge in [0.1, 0.15) is 0 Å². The first-order valence-corrected chi connectivity index (χ1v) is 7.67. The van der Waals surface area contributed by atoms with Crippen LogP contribution in [-0.2, 0) is 17.9 Å². The van der Waals surface area contributed by atoms with Crippen molar-refractivity contribution in [1.82, 2.24) is 10.2 Å². The molecule has 0 aliphatic carbocycles. The number of nitrogens with zero attached hydrogens (tertiary/aromatic N) is 1. The number of carbonyl (C=O) groups excluding carboxylic acids is 1. The minimum absolute atomic E-state index is 0.00370. The standard InChI is InChI=1S/C18H21ClN2O/c1-14-7-3-4-9-16(14)12-21(2)13-18(22)20-11-15-8-5-6-10-17(15)19/h3-10H,11-13H2,1-2H3,(H,20,22). The van der Waals surface area contributed by atoms with E-state index in [1.54, 1.807) is 0 Å². The van der Waals surface area contributed by atoms with Gasteiger partial charge in [0.2, 0.25) is 5.91 Å². The van der Waals surface area contributed by atoms with Crippen LogP contribution in [-0.4, -0.2) is 24.4 Å². The van der Waals surface area contributed by atoms with E-state index in [2.05, 4.69) is 24.4 Å². The molecule has 116 valence electrons. The molecular weight excluding hydrogens is 296 g/mol. The lowest BCUT2D eigenvalue weighted by Crippen LogP contribution is -2.34. The van der Waals surface area contributed by atoms with Gasteiger partial charge in [0, 0.05) is 18.1 Å².